The van der Waals surface area contributed by atoms with Crippen LogP contribution in [0.5, 0.6) is 0 Å². The van der Waals surface area contributed by atoms with Crippen LogP contribution in [0.25, 0.3) is 11.5 Å². The first-order valence-electron chi connectivity index (χ1n) is 10.8. The average molecular weight is 434 g/mol. The highest BCUT2D eigenvalue weighted by molar-refractivity contribution is 5.96. The SMILES string of the molecule is Cc1noc(-c2ccc(C(=O)NC(C)CC(=O)Nc3cccc(N4CCCC4)c3)cc2)n1. The summed E-state index contributed by atoms with van der Waals surface area (Å²) in [6.07, 6.45) is 2.58. The van der Waals surface area contributed by atoms with Crippen molar-refractivity contribution in [3.63, 3.8) is 0 Å². The third kappa shape index (κ3) is 5.32. The molecule has 2 N–H and O–H groups in total. The van der Waals surface area contributed by atoms with Crippen LogP contribution >= 0.6 is 0 Å². The smallest absolute Gasteiger partial charge is 0.257 e. The van der Waals surface area contributed by atoms with Crippen LogP contribution in [-0.4, -0.2) is 41.1 Å². The third-order valence-corrected chi connectivity index (χ3v) is 5.39. The Bertz CT molecular complexity index is 1090. The van der Waals surface area contributed by atoms with Gasteiger partial charge in [-0.25, -0.2) is 0 Å². The molecular weight excluding hydrogens is 406 g/mol. The van der Waals surface area contributed by atoms with E-state index in [2.05, 4.69) is 31.7 Å². The molecule has 0 spiro atoms. The molecule has 3 aromatic rings. The molecule has 166 valence electrons. The number of anilines is 2. The topological polar surface area (TPSA) is 100 Å². The van der Waals surface area contributed by atoms with E-state index in [1.807, 2.05) is 25.1 Å². The largest absolute Gasteiger partial charge is 0.371 e. The fourth-order valence-corrected chi connectivity index (χ4v) is 3.78. The fourth-order valence-electron chi connectivity index (χ4n) is 3.78. The number of carbonyl (C=O) groups excluding carboxylic acids is 2. The molecule has 0 aliphatic carbocycles. The van der Waals surface area contributed by atoms with E-state index in [0.717, 1.165) is 30.0 Å². The molecule has 1 fully saturated rings. The number of nitrogens with zero attached hydrogens (tertiary/aromatic N) is 3. The molecule has 1 saturated heterocycles. The summed E-state index contributed by atoms with van der Waals surface area (Å²) in [6.45, 7) is 5.66. The van der Waals surface area contributed by atoms with Crippen molar-refractivity contribution in [2.24, 2.45) is 0 Å². The van der Waals surface area contributed by atoms with Crippen LogP contribution in [0.15, 0.2) is 53.1 Å². The zero-order valence-corrected chi connectivity index (χ0v) is 18.3. The molecule has 2 heterocycles. The molecule has 8 heteroatoms. The number of nitrogens with one attached hydrogen (secondary N) is 2. The lowest BCUT2D eigenvalue weighted by molar-refractivity contribution is -0.116. The van der Waals surface area contributed by atoms with Gasteiger partial charge in [0.1, 0.15) is 0 Å². The number of amides is 2. The van der Waals surface area contributed by atoms with Gasteiger partial charge < -0.3 is 20.1 Å². The van der Waals surface area contributed by atoms with E-state index in [1.165, 1.54) is 12.8 Å². The predicted octanol–water partition coefficient (Wildman–Crippen LogP) is 3.79. The van der Waals surface area contributed by atoms with E-state index in [1.54, 1.807) is 31.2 Å². The van der Waals surface area contributed by atoms with E-state index >= 15 is 0 Å². The number of aromatic nitrogens is 2. The minimum absolute atomic E-state index is 0.140. The van der Waals surface area contributed by atoms with Crippen LogP contribution in [0.1, 0.15) is 42.4 Å². The summed E-state index contributed by atoms with van der Waals surface area (Å²) >= 11 is 0. The van der Waals surface area contributed by atoms with Gasteiger partial charge in [0.05, 0.1) is 0 Å². The molecule has 2 aromatic carbocycles. The van der Waals surface area contributed by atoms with Crippen molar-refractivity contribution in [1.29, 1.82) is 0 Å². The molecule has 0 radical (unpaired) electrons. The molecule has 1 atom stereocenters. The van der Waals surface area contributed by atoms with Gasteiger partial charge in [0, 0.05) is 48.1 Å². The molecule has 1 aliphatic rings. The van der Waals surface area contributed by atoms with Gasteiger partial charge in [0.25, 0.3) is 11.8 Å². The lowest BCUT2D eigenvalue weighted by Crippen LogP contribution is -2.35. The molecule has 1 aromatic heterocycles. The zero-order valence-electron chi connectivity index (χ0n) is 18.3. The molecule has 1 aliphatic heterocycles. The van der Waals surface area contributed by atoms with Gasteiger partial charge in [-0.15, -0.1) is 0 Å². The Morgan fingerprint density at radius 3 is 2.56 bits per heavy atom. The van der Waals surface area contributed by atoms with Crippen LogP contribution in [0.3, 0.4) is 0 Å². The van der Waals surface area contributed by atoms with Crippen molar-refractivity contribution in [3.05, 3.63) is 59.9 Å². The minimum atomic E-state index is -0.317. The van der Waals surface area contributed by atoms with Gasteiger partial charge in [-0.05, 0) is 69.2 Å². The first-order chi connectivity index (χ1) is 15.5. The second kappa shape index (κ2) is 9.64. The maximum atomic E-state index is 12.5. The predicted molar refractivity (Wildman–Crippen MR) is 123 cm³/mol. The molecule has 0 bridgehead atoms. The van der Waals surface area contributed by atoms with Gasteiger partial charge >= 0.3 is 0 Å². The van der Waals surface area contributed by atoms with E-state index in [9.17, 15) is 9.59 Å². The van der Waals surface area contributed by atoms with Crippen LogP contribution in [0.4, 0.5) is 11.4 Å². The Balaban J connectivity index is 1.29. The summed E-state index contributed by atoms with van der Waals surface area (Å²) in [5.41, 5.74) is 3.13. The third-order valence-electron chi connectivity index (χ3n) is 5.39. The van der Waals surface area contributed by atoms with Gasteiger partial charge in [-0.2, -0.15) is 4.98 Å². The van der Waals surface area contributed by atoms with Crippen LogP contribution in [0.2, 0.25) is 0 Å². The molecular formula is C24H27N5O3. The number of rotatable bonds is 7. The maximum absolute atomic E-state index is 12.5. The summed E-state index contributed by atoms with van der Waals surface area (Å²) in [5, 5.41) is 9.58. The highest BCUT2D eigenvalue weighted by Crippen LogP contribution is 2.23. The molecule has 4 rings (SSSR count). The summed E-state index contributed by atoms with van der Waals surface area (Å²) in [5.74, 6) is 0.582. The molecule has 8 nitrogen and oxygen atoms in total. The van der Waals surface area contributed by atoms with Crippen molar-refractivity contribution >= 4 is 23.2 Å². The van der Waals surface area contributed by atoms with Gasteiger partial charge in [0.2, 0.25) is 5.91 Å². The summed E-state index contributed by atoms with van der Waals surface area (Å²) < 4.78 is 5.14. The number of hydrogen-bond acceptors (Lipinski definition) is 6. The summed E-state index contributed by atoms with van der Waals surface area (Å²) in [7, 11) is 0. The summed E-state index contributed by atoms with van der Waals surface area (Å²) in [6, 6.07) is 14.5. The quantitative estimate of drug-likeness (QED) is 0.588. The first kappa shape index (κ1) is 21.5. The van der Waals surface area contributed by atoms with Crippen LogP contribution in [0, 0.1) is 6.92 Å². The Morgan fingerprint density at radius 2 is 1.88 bits per heavy atom. The molecule has 2 amide bonds. The van der Waals surface area contributed by atoms with E-state index in [4.69, 9.17) is 4.52 Å². The van der Waals surface area contributed by atoms with E-state index < -0.39 is 0 Å². The lowest BCUT2D eigenvalue weighted by Gasteiger charge is -2.19. The fraction of sp³-hybridized carbons (Fsp3) is 0.333. The number of hydrogen-bond donors (Lipinski definition) is 2. The van der Waals surface area contributed by atoms with Gasteiger partial charge in [-0.1, -0.05) is 11.2 Å². The number of aryl methyl sites for hydroxylation is 1. The van der Waals surface area contributed by atoms with Gasteiger partial charge in [-0.3, -0.25) is 9.59 Å². The highest BCUT2D eigenvalue weighted by Gasteiger charge is 2.16. The Hall–Kier alpha value is -3.68. The Kier molecular flexibility index (Phi) is 6.49. The second-order valence-electron chi connectivity index (χ2n) is 8.10. The second-order valence-corrected chi connectivity index (χ2v) is 8.10. The Morgan fingerprint density at radius 1 is 1.12 bits per heavy atom. The number of benzene rings is 2. The first-order valence-corrected chi connectivity index (χ1v) is 10.8. The molecule has 32 heavy (non-hydrogen) atoms. The summed E-state index contributed by atoms with van der Waals surface area (Å²) in [4.78, 5) is 31.5. The van der Waals surface area contributed by atoms with Crippen LogP contribution < -0.4 is 15.5 Å². The van der Waals surface area contributed by atoms with E-state index in [-0.39, 0.29) is 24.3 Å². The zero-order chi connectivity index (χ0) is 22.5. The van der Waals surface area contributed by atoms with Crippen molar-refractivity contribution in [3.8, 4) is 11.5 Å². The van der Waals surface area contributed by atoms with Crippen molar-refractivity contribution in [2.45, 2.75) is 39.2 Å². The standard InChI is InChI=1S/C24H27N5O3/c1-16(14-22(30)27-20-6-5-7-21(15-20)29-12-3-4-13-29)25-23(31)18-8-10-19(11-9-18)24-26-17(2)28-32-24/h5-11,15-16H,3-4,12-14H2,1-2H3,(H,25,31)(H,27,30). The Labute approximate surface area is 187 Å². The molecule has 1 unspecified atom stereocenters. The normalized spacial score (nSPS) is 14.2. The minimum Gasteiger partial charge on any atom is -0.371 e. The lowest BCUT2D eigenvalue weighted by atomic mass is 10.1. The average Bonchev–Trinajstić information content (AvgIpc) is 3.46. The van der Waals surface area contributed by atoms with Crippen molar-refractivity contribution in [1.82, 2.24) is 15.5 Å². The highest BCUT2D eigenvalue weighted by atomic mass is 16.5. The number of carbonyl (C=O) groups is 2. The maximum Gasteiger partial charge on any atom is 0.257 e. The van der Waals surface area contributed by atoms with Crippen LogP contribution in [-0.2, 0) is 4.79 Å². The van der Waals surface area contributed by atoms with E-state index in [0.29, 0.717) is 17.3 Å². The van der Waals surface area contributed by atoms with Gasteiger partial charge in [0.15, 0.2) is 5.82 Å². The van der Waals surface area contributed by atoms with Crippen molar-refractivity contribution in [2.75, 3.05) is 23.3 Å². The monoisotopic (exact) mass is 433 g/mol. The van der Waals surface area contributed by atoms with Crippen molar-refractivity contribution < 1.29 is 14.1 Å². The molecule has 0 saturated carbocycles.